The van der Waals surface area contributed by atoms with Crippen LogP contribution in [0.2, 0.25) is 5.02 Å². The third-order valence-electron chi connectivity index (χ3n) is 4.75. The highest BCUT2D eigenvalue weighted by Gasteiger charge is 2.20. The summed E-state index contributed by atoms with van der Waals surface area (Å²) in [6.07, 6.45) is 0. The van der Waals surface area contributed by atoms with Crippen LogP contribution < -0.4 is 5.32 Å². The number of aromatic nitrogens is 3. The van der Waals surface area contributed by atoms with Crippen molar-refractivity contribution in [3.05, 3.63) is 69.9 Å². The van der Waals surface area contributed by atoms with Crippen molar-refractivity contribution in [1.82, 2.24) is 14.8 Å². The molecule has 2 heterocycles. The number of amides is 1. The Morgan fingerprint density at radius 1 is 1.16 bits per heavy atom. The maximum atomic E-state index is 12.4. The molecular formula is C23H21ClN4OS2. The molecule has 1 amide bonds. The van der Waals surface area contributed by atoms with Crippen molar-refractivity contribution in [2.45, 2.75) is 25.5 Å². The smallest absolute Gasteiger partial charge is 0.234 e. The summed E-state index contributed by atoms with van der Waals surface area (Å²) in [5.41, 5.74) is 4.09. The number of halogens is 1. The van der Waals surface area contributed by atoms with Crippen molar-refractivity contribution in [1.29, 1.82) is 0 Å². The van der Waals surface area contributed by atoms with Gasteiger partial charge in [0.25, 0.3) is 0 Å². The molecule has 0 aliphatic carbocycles. The minimum atomic E-state index is -0.115. The number of carbonyl (C=O) groups is 1. The molecule has 2 aromatic carbocycles. The Morgan fingerprint density at radius 2 is 1.97 bits per heavy atom. The van der Waals surface area contributed by atoms with E-state index >= 15 is 0 Å². The zero-order chi connectivity index (χ0) is 21.8. The lowest BCUT2D eigenvalue weighted by Crippen LogP contribution is -2.14. The molecule has 4 aromatic rings. The fourth-order valence-corrected chi connectivity index (χ4v) is 5.21. The Morgan fingerprint density at radius 3 is 2.71 bits per heavy atom. The molecule has 0 radical (unpaired) electrons. The molecule has 0 aliphatic rings. The van der Waals surface area contributed by atoms with Gasteiger partial charge in [-0.05, 0) is 37.6 Å². The van der Waals surface area contributed by atoms with Crippen LogP contribution in [0, 0.1) is 6.92 Å². The number of thioether (sulfide) groups is 1. The fourth-order valence-electron chi connectivity index (χ4n) is 3.36. The average Bonchev–Trinajstić information content (AvgIpc) is 3.35. The maximum absolute atomic E-state index is 12.4. The van der Waals surface area contributed by atoms with E-state index in [9.17, 15) is 4.79 Å². The van der Waals surface area contributed by atoms with Crippen molar-refractivity contribution < 1.29 is 4.79 Å². The quantitative estimate of drug-likeness (QED) is 0.319. The van der Waals surface area contributed by atoms with E-state index in [1.54, 1.807) is 29.5 Å². The summed E-state index contributed by atoms with van der Waals surface area (Å²) in [5.74, 6) is 0.943. The van der Waals surface area contributed by atoms with Gasteiger partial charge in [-0.1, -0.05) is 59.8 Å². The molecule has 0 fully saturated rings. The number of hydrogen-bond donors (Lipinski definition) is 1. The van der Waals surface area contributed by atoms with Gasteiger partial charge < -0.3 is 9.88 Å². The Hall–Kier alpha value is -2.61. The molecule has 1 N–H and O–H groups in total. The first kappa shape index (κ1) is 21.6. The summed E-state index contributed by atoms with van der Waals surface area (Å²) in [5, 5.41) is 15.2. The van der Waals surface area contributed by atoms with Gasteiger partial charge in [0.15, 0.2) is 11.0 Å². The molecule has 31 heavy (non-hydrogen) atoms. The summed E-state index contributed by atoms with van der Waals surface area (Å²) < 4.78 is 2.06. The second-order valence-corrected chi connectivity index (χ2v) is 9.31. The predicted octanol–water partition coefficient (Wildman–Crippen LogP) is 6.39. The summed E-state index contributed by atoms with van der Waals surface area (Å²) >= 11 is 9.07. The second-order valence-electron chi connectivity index (χ2n) is 6.84. The first-order chi connectivity index (χ1) is 15.1. The van der Waals surface area contributed by atoms with E-state index in [1.807, 2.05) is 24.3 Å². The number of anilines is 1. The Balaban J connectivity index is 1.55. The zero-order valence-corrected chi connectivity index (χ0v) is 19.5. The van der Waals surface area contributed by atoms with E-state index in [4.69, 9.17) is 11.6 Å². The largest absolute Gasteiger partial charge is 0.325 e. The second kappa shape index (κ2) is 9.68. The summed E-state index contributed by atoms with van der Waals surface area (Å²) in [4.78, 5) is 13.6. The van der Waals surface area contributed by atoms with E-state index in [-0.39, 0.29) is 11.7 Å². The molecule has 0 saturated carbocycles. The highest BCUT2D eigenvalue weighted by atomic mass is 35.5. The molecule has 0 unspecified atom stereocenters. The third-order valence-corrected chi connectivity index (χ3v) is 6.87. The number of hydrogen-bond acceptors (Lipinski definition) is 5. The van der Waals surface area contributed by atoms with Gasteiger partial charge in [-0.2, -0.15) is 0 Å². The highest BCUT2D eigenvalue weighted by Crippen LogP contribution is 2.39. The van der Waals surface area contributed by atoms with E-state index in [2.05, 4.69) is 51.4 Å². The van der Waals surface area contributed by atoms with E-state index in [0.717, 1.165) is 22.1 Å². The molecule has 2 aromatic heterocycles. The van der Waals surface area contributed by atoms with Crippen LogP contribution in [0.5, 0.6) is 0 Å². The lowest BCUT2D eigenvalue weighted by atomic mass is 10.0. The number of carbonyl (C=O) groups excluding carboxylic acids is 1. The van der Waals surface area contributed by atoms with Gasteiger partial charge >= 0.3 is 0 Å². The van der Waals surface area contributed by atoms with Crippen LogP contribution in [0.15, 0.2) is 65.1 Å². The van der Waals surface area contributed by atoms with Gasteiger partial charge in [-0.25, -0.2) is 0 Å². The predicted molar refractivity (Wildman–Crippen MR) is 130 cm³/mol. The summed E-state index contributed by atoms with van der Waals surface area (Å²) in [6.45, 7) is 4.90. The SMILES string of the molecule is CCn1c(SCC(=O)Nc2cccc(Cl)c2)nnc1-c1csc(C)c1-c1ccccc1. The molecule has 5 nitrogen and oxygen atoms in total. The van der Waals surface area contributed by atoms with E-state index in [1.165, 1.54) is 22.2 Å². The van der Waals surface area contributed by atoms with Gasteiger partial charge in [0.2, 0.25) is 5.91 Å². The Bertz CT molecular complexity index is 1200. The highest BCUT2D eigenvalue weighted by molar-refractivity contribution is 7.99. The maximum Gasteiger partial charge on any atom is 0.234 e. The van der Waals surface area contributed by atoms with Crippen molar-refractivity contribution >= 4 is 46.3 Å². The molecule has 0 bridgehead atoms. The fraction of sp³-hybridized carbons (Fsp3) is 0.174. The Kier molecular flexibility index (Phi) is 6.75. The number of benzene rings is 2. The average molecular weight is 469 g/mol. The van der Waals surface area contributed by atoms with Gasteiger partial charge in [0, 0.05) is 38.6 Å². The normalized spacial score (nSPS) is 10.9. The lowest BCUT2D eigenvalue weighted by molar-refractivity contribution is -0.113. The van der Waals surface area contributed by atoms with Crippen molar-refractivity contribution in [3.8, 4) is 22.5 Å². The molecule has 0 spiro atoms. The van der Waals surface area contributed by atoms with E-state index < -0.39 is 0 Å². The minimum absolute atomic E-state index is 0.115. The van der Waals surface area contributed by atoms with Crippen LogP contribution in [-0.2, 0) is 11.3 Å². The van der Waals surface area contributed by atoms with Gasteiger partial charge in [-0.3, -0.25) is 4.79 Å². The standard InChI is InChI=1S/C23H21ClN4OS2/c1-3-28-22(19-13-30-15(2)21(19)16-8-5-4-6-9-16)26-27-23(28)31-14-20(29)25-18-11-7-10-17(24)12-18/h4-13H,3,14H2,1-2H3,(H,25,29). The third kappa shape index (κ3) is 4.84. The topological polar surface area (TPSA) is 59.8 Å². The molecule has 158 valence electrons. The number of thiophene rings is 1. The van der Waals surface area contributed by atoms with Crippen LogP contribution in [-0.4, -0.2) is 26.4 Å². The van der Waals surface area contributed by atoms with Crippen LogP contribution in [0.4, 0.5) is 5.69 Å². The first-order valence-electron chi connectivity index (χ1n) is 9.82. The van der Waals surface area contributed by atoms with Crippen molar-refractivity contribution in [2.75, 3.05) is 11.1 Å². The monoisotopic (exact) mass is 468 g/mol. The molecule has 4 rings (SSSR count). The van der Waals surface area contributed by atoms with Crippen LogP contribution in [0.25, 0.3) is 22.5 Å². The number of nitrogens with zero attached hydrogens (tertiary/aromatic N) is 3. The number of rotatable bonds is 7. The van der Waals surface area contributed by atoms with Gasteiger partial charge in [0.1, 0.15) is 0 Å². The molecule has 0 saturated heterocycles. The van der Waals surface area contributed by atoms with Gasteiger partial charge in [0.05, 0.1) is 5.75 Å². The number of nitrogens with one attached hydrogen (secondary N) is 1. The molecular weight excluding hydrogens is 448 g/mol. The zero-order valence-electron chi connectivity index (χ0n) is 17.1. The van der Waals surface area contributed by atoms with Crippen molar-refractivity contribution in [2.24, 2.45) is 0 Å². The van der Waals surface area contributed by atoms with Crippen LogP contribution >= 0.6 is 34.7 Å². The number of aryl methyl sites for hydroxylation is 1. The molecule has 8 heteroatoms. The van der Waals surface area contributed by atoms with E-state index in [0.29, 0.717) is 17.3 Å². The van der Waals surface area contributed by atoms with Crippen LogP contribution in [0.1, 0.15) is 11.8 Å². The van der Waals surface area contributed by atoms with Crippen molar-refractivity contribution in [3.63, 3.8) is 0 Å². The lowest BCUT2D eigenvalue weighted by Gasteiger charge is -2.09. The first-order valence-corrected chi connectivity index (χ1v) is 12.1. The molecule has 0 aliphatic heterocycles. The summed E-state index contributed by atoms with van der Waals surface area (Å²) in [7, 11) is 0. The Labute approximate surface area is 194 Å². The van der Waals surface area contributed by atoms with Gasteiger partial charge in [-0.15, -0.1) is 21.5 Å². The summed E-state index contributed by atoms with van der Waals surface area (Å²) in [6, 6.07) is 17.4. The molecule has 0 atom stereocenters. The minimum Gasteiger partial charge on any atom is -0.325 e. The van der Waals surface area contributed by atoms with Crippen LogP contribution in [0.3, 0.4) is 0 Å².